The highest BCUT2D eigenvalue weighted by atomic mass is 16.4. The first-order valence-electron chi connectivity index (χ1n) is 6.03. The molecule has 1 unspecified atom stereocenters. The predicted octanol–water partition coefficient (Wildman–Crippen LogP) is 1.68. The van der Waals surface area contributed by atoms with Crippen LogP contribution in [0.25, 0.3) is 0 Å². The van der Waals surface area contributed by atoms with Gasteiger partial charge >= 0.3 is 5.97 Å². The van der Waals surface area contributed by atoms with Crippen LogP contribution in [0.4, 0.5) is 0 Å². The first-order chi connectivity index (χ1) is 9.08. The molecule has 0 radical (unpaired) electrons. The molecule has 5 nitrogen and oxygen atoms in total. The van der Waals surface area contributed by atoms with Gasteiger partial charge in [0.15, 0.2) is 0 Å². The molecular formula is C14H17N3O2. The monoisotopic (exact) mass is 259 g/mol. The Labute approximate surface area is 112 Å². The number of nitrogens with zero attached hydrogens (tertiary/aromatic N) is 3. The van der Waals surface area contributed by atoms with E-state index in [0.29, 0.717) is 6.54 Å². The third-order valence-corrected chi connectivity index (χ3v) is 2.98. The Morgan fingerprint density at radius 3 is 2.63 bits per heavy atom. The average Bonchev–Trinajstić information content (AvgIpc) is 2.75. The van der Waals surface area contributed by atoms with Crippen LogP contribution in [0.2, 0.25) is 0 Å². The zero-order valence-corrected chi connectivity index (χ0v) is 11.0. The van der Waals surface area contributed by atoms with Crippen LogP contribution in [0.3, 0.4) is 0 Å². The van der Waals surface area contributed by atoms with Crippen molar-refractivity contribution in [2.75, 3.05) is 7.05 Å². The Kier molecular flexibility index (Phi) is 3.97. The third kappa shape index (κ3) is 3.20. The Balaban J connectivity index is 2.18. The quantitative estimate of drug-likeness (QED) is 0.887. The summed E-state index contributed by atoms with van der Waals surface area (Å²) in [6, 6.07) is 8.59. The molecule has 2 rings (SSSR count). The number of hydrogen-bond donors (Lipinski definition) is 1. The maximum Gasteiger partial charge on any atom is 0.325 e. The topological polar surface area (TPSA) is 58.4 Å². The maximum absolute atomic E-state index is 11.5. The van der Waals surface area contributed by atoms with E-state index < -0.39 is 12.0 Å². The fourth-order valence-corrected chi connectivity index (χ4v) is 2.15. The van der Waals surface area contributed by atoms with Gasteiger partial charge in [-0.2, -0.15) is 5.10 Å². The lowest BCUT2D eigenvalue weighted by Gasteiger charge is -2.24. The van der Waals surface area contributed by atoms with Gasteiger partial charge in [-0.3, -0.25) is 14.4 Å². The van der Waals surface area contributed by atoms with Gasteiger partial charge in [0.05, 0.1) is 6.20 Å². The molecule has 0 fully saturated rings. The number of aryl methyl sites for hydroxylation is 1. The summed E-state index contributed by atoms with van der Waals surface area (Å²) in [5.74, 6) is -0.849. The number of likely N-dealkylation sites (N-methyl/N-ethyl adjacent to an activating group) is 1. The molecule has 1 N–H and O–H groups in total. The summed E-state index contributed by atoms with van der Waals surface area (Å²) < 4.78 is 1.71. The number of aromatic nitrogens is 2. The molecule has 100 valence electrons. The van der Waals surface area contributed by atoms with Crippen LogP contribution < -0.4 is 0 Å². The standard InChI is InChI=1S/C14H17N3O2/c1-16(9-11-8-15-17(2)10-11)13(14(18)19)12-6-4-3-5-7-12/h3-8,10,13H,9H2,1-2H3,(H,18,19). The number of carboxylic acids is 1. The summed E-state index contributed by atoms with van der Waals surface area (Å²) in [5, 5.41) is 13.5. The van der Waals surface area contributed by atoms with Crippen LogP contribution in [-0.2, 0) is 18.4 Å². The molecule has 0 saturated heterocycles. The van der Waals surface area contributed by atoms with Gasteiger partial charge in [-0.15, -0.1) is 0 Å². The van der Waals surface area contributed by atoms with Crippen molar-refractivity contribution < 1.29 is 9.90 Å². The van der Waals surface area contributed by atoms with Crippen molar-refractivity contribution in [2.45, 2.75) is 12.6 Å². The van der Waals surface area contributed by atoms with E-state index in [0.717, 1.165) is 11.1 Å². The van der Waals surface area contributed by atoms with Gasteiger partial charge in [0, 0.05) is 25.4 Å². The third-order valence-electron chi connectivity index (χ3n) is 2.98. The number of hydrogen-bond acceptors (Lipinski definition) is 3. The van der Waals surface area contributed by atoms with Crippen LogP contribution in [0, 0.1) is 0 Å². The zero-order valence-electron chi connectivity index (χ0n) is 11.0. The van der Waals surface area contributed by atoms with Gasteiger partial charge in [-0.25, -0.2) is 0 Å². The SMILES string of the molecule is CN(Cc1cnn(C)c1)C(C(=O)O)c1ccccc1. The molecule has 0 aliphatic rings. The van der Waals surface area contributed by atoms with Crippen LogP contribution in [0.5, 0.6) is 0 Å². The Bertz CT molecular complexity index is 551. The van der Waals surface area contributed by atoms with E-state index in [2.05, 4.69) is 5.10 Å². The lowest BCUT2D eigenvalue weighted by molar-refractivity contribution is -0.143. The van der Waals surface area contributed by atoms with E-state index in [1.165, 1.54) is 0 Å². The van der Waals surface area contributed by atoms with E-state index in [4.69, 9.17) is 0 Å². The van der Waals surface area contributed by atoms with Crippen LogP contribution in [0.15, 0.2) is 42.7 Å². The molecular weight excluding hydrogens is 242 g/mol. The molecule has 0 saturated carbocycles. The number of carboxylic acid groups (broad SMARTS) is 1. The van der Waals surface area contributed by atoms with Crippen molar-refractivity contribution >= 4 is 5.97 Å². The number of aliphatic carboxylic acids is 1. The highest BCUT2D eigenvalue weighted by Gasteiger charge is 2.24. The van der Waals surface area contributed by atoms with Crippen molar-refractivity contribution in [3.05, 3.63) is 53.9 Å². The van der Waals surface area contributed by atoms with Crippen molar-refractivity contribution in [3.63, 3.8) is 0 Å². The molecule has 19 heavy (non-hydrogen) atoms. The van der Waals surface area contributed by atoms with Crippen LogP contribution in [-0.4, -0.2) is 32.8 Å². The van der Waals surface area contributed by atoms with Gasteiger partial charge in [0.1, 0.15) is 6.04 Å². The van der Waals surface area contributed by atoms with E-state index in [1.54, 1.807) is 22.8 Å². The maximum atomic E-state index is 11.5. The van der Waals surface area contributed by atoms with Gasteiger partial charge in [-0.05, 0) is 12.6 Å². The van der Waals surface area contributed by atoms with E-state index in [-0.39, 0.29) is 0 Å². The highest BCUT2D eigenvalue weighted by molar-refractivity contribution is 5.75. The first kappa shape index (κ1) is 13.3. The minimum atomic E-state index is -0.849. The van der Waals surface area contributed by atoms with Crippen molar-refractivity contribution in [3.8, 4) is 0 Å². The lowest BCUT2D eigenvalue weighted by Crippen LogP contribution is -2.30. The highest BCUT2D eigenvalue weighted by Crippen LogP contribution is 2.21. The molecule has 1 atom stereocenters. The molecule has 0 aliphatic carbocycles. The lowest BCUT2D eigenvalue weighted by atomic mass is 10.1. The minimum Gasteiger partial charge on any atom is -0.480 e. The summed E-state index contributed by atoms with van der Waals surface area (Å²) >= 11 is 0. The number of benzene rings is 1. The first-order valence-corrected chi connectivity index (χ1v) is 6.03. The van der Waals surface area contributed by atoms with Gasteiger partial charge < -0.3 is 5.11 Å². The molecule has 0 spiro atoms. The smallest absolute Gasteiger partial charge is 0.325 e. The Morgan fingerprint density at radius 2 is 2.11 bits per heavy atom. The van der Waals surface area contributed by atoms with Crippen LogP contribution in [0.1, 0.15) is 17.2 Å². The zero-order chi connectivity index (χ0) is 13.8. The summed E-state index contributed by atoms with van der Waals surface area (Å²) in [4.78, 5) is 13.3. The fourth-order valence-electron chi connectivity index (χ4n) is 2.15. The average molecular weight is 259 g/mol. The summed E-state index contributed by atoms with van der Waals surface area (Å²) in [6.07, 6.45) is 3.64. The second-order valence-corrected chi connectivity index (χ2v) is 4.59. The summed E-state index contributed by atoms with van der Waals surface area (Å²) in [7, 11) is 3.65. The Morgan fingerprint density at radius 1 is 1.42 bits per heavy atom. The Hall–Kier alpha value is -2.14. The van der Waals surface area contributed by atoms with E-state index in [9.17, 15) is 9.90 Å². The molecule has 0 bridgehead atoms. The van der Waals surface area contributed by atoms with Gasteiger partial charge in [-0.1, -0.05) is 30.3 Å². The minimum absolute atomic E-state index is 0.541. The van der Waals surface area contributed by atoms with Crippen molar-refractivity contribution in [1.82, 2.24) is 14.7 Å². The second-order valence-electron chi connectivity index (χ2n) is 4.59. The van der Waals surface area contributed by atoms with E-state index >= 15 is 0 Å². The largest absolute Gasteiger partial charge is 0.480 e. The molecule has 1 aromatic carbocycles. The molecule has 2 aromatic rings. The molecule has 1 heterocycles. The summed E-state index contributed by atoms with van der Waals surface area (Å²) in [5.41, 5.74) is 1.77. The van der Waals surface area contributed by atoms with Gasteiger partial charge in [0.2, 0.25) is 0 Å². The normalized spacial score (nSPS) is 12.6. The number of rotatable bonds is 5. The predicted molar refractivity (Wildman–Crippen MR) is 71.5 cm³/mol. The molecule has 0 amide bonds. The van der Waals surface area contributed by atoms with Crippen molar-refractivity contribution in [2.24, 2.45) is 7.05 Å². The second kappa shape index (κ2) is 5.67. The fraction of sp³-hybridized carbons (Fsp3) is 0.286. The molecule has 5 heteroatoms. The number of carbonyl (C=O) groups is 1. The van der Waals surface area contributed by atoms with Crippen LogP contribution >= 0.6 is 0 Å². The molecule has 1 aromatic heterocycles. The van der Waals surface area contributed by atoms with Gasteiger partial charge in [0.25, 0.3) is 0 Å². The molecule has 0 aliphatic heterocycles. The van der Waals surface area contributed by atoms with Crippen molar-refractivity contribution in [1.29, 1.82) is 0 Å². The summed E-state index contributed by atoms with van der Waals surface area (Å²) in [6.45, 7) is 0.541. The van der Waals surface area contributed by atoms with E-state index in [1.807, 2.05) is 43.6 Å².